The molecule has 0 aliphatic carbocycles. The molecule has 2 heterocycles. The van der Waals surface area contributed by atoms with Gasteiger partial charge in [-0.1, -0.05) is 31.2 Å². The van der Waals surface area contributed by atoms with Gasteiger partial charge in [0.2, 0.25) is 10.0 Å². The molecule has 0 unspecified atom stereocenters. The molecule has 1 aromatic heterocycles. The lowest BCUT2D eigenvalue weighted by Crippen LogP contribution is -2.27. The van der Waals surface area contributed by atoms with Crippen LogP contribution in [0.1, 0.15) is 40.7 Å². The molecule has 1 aliphatic heterocycles. The third-order valence-corrected chi connectivity index (χ3v) is 8.55. The number of benzene rings is 2. The average molecular weight is 456 g/mol. The number of nitrogens with one attached hydrogen (secondary N) is 1. The molecule has 1 saturated heterocycles. The fourth-order valence-corrected chi connectivity index (χ4v) is 6.07. The number of aromatic nitrogens is 1. The Balaban J connectivity index is 1.48. The smallest absolute Gasteiger partial charge is 0.267 e. The van der Waals surface area contributed by atoms with Crippen molar-refractivity contribution < 1.29 is 13.2 Å². The molecule has 162 valence electrons. The summed E-state index contributed by atoms with van der Waals surface area (Å²) in [6, 6.07) is 14.5. The molecule has 1 fully saturated rings. The van der Waals surface area contributed by atoms with Crippen molar-refractivity contribution in [1.29, 1.82) is 0 Å². The van der Waals surface area contributed by atoms with Crippen molar-refractivity contribution >= 4 is 33.0 Å². The zero-order valence-electron chi connectivity index (χ0n) is 17.6. The molecule has 0 radical (unpaired) electrons. The van der Waals surface area contributed by atoms with Gasteiger partial charge >= 0.3 is 0 Å². The summed E-state index contributed by atoms with van der Waals surface area (Å²) >= 11 is 1.35. The molecule has 2 aromatic carbocycles. The van der Waals surface area contributed by atoms with Crippen LogP contribution in [0.5, 0.6) is 0 Å². The highest BCUT2D eigenvalue weighted by Crippen LogP contribution is 2.29. The van der Waals surface area contributed by atoms with E-state index in [2.05, 4.69) is 29.4 Å². The summed E-state index contributed by atoms with van der Waals surface area (Å²) in [5, 5.41) is 3.66. The van der Waals surface area contributed by atoms with E-state index in [1.54, 1.807) is 24.3 Å². The van der Waals surface area contributed by atoms with E-state index in [-0.39, 0.29) is 10.8 Å². The van der Waals surface area contributed by atoms with Crippen molar-refractivity contribution in [2.24, 2.45) is 0 Å². The van der Waals surface area contributed by atoms with Crippen molar-refractivity contribution in [2.45, 2.75) is 38.0 Å². The first-order valence-corrected chi connectivity index (χ1v) is 12.6. The summed E-state index contributed by atoms with van der Waals surface area (Å²) in [5.41, 5.74) is 3.46. The number of nitrogens with zero attached hydrogens (tertiary/aromatic N) is 2. The summed E-state index contributed by atoms with van der Waals surface area (Å²) in [4.78, 5) is 18.2. The number of aryl methyl sites for hydroxylation is 2. The maximum absolute atomic E-state index is 12.8. The molecular formula is C23H25N3O3S2. The Morgan fingerprint density at radius 2 is 1.71 bits per heavy atom. The van der Waals surface area contributed by atoms with Crippen LogP contribution in [0.3, 0.4) is 0 Å². The maximum Gasteiger partial charge on any atom is 0.267 e. The Morgan fingerprint density at radius 1 is 1.06 bits per heavy atom. The van der Waals surface area contributed by atoms with Gasteiger partial charge in [-0.05, 0) is 56.0 Å². The fourth-order valence-electron chi connectivity index (χ4n) is 3.59. The normalized spacial score (nSPS) is 14.6. The molecule has 1 amide bonds. The number of sulfonamides is 1. The van der Waals surface area contributed by atoms with Crippen molar-refractivity contribution in [2.75, 3.05) is 18.4 Å². The highest BCUT2D eigenvalue weighted by molar-refractivity contribution is 7.89. The van der Waals surface area contributed by atoms with Gasteiger partial charge in [0.1, 0.15) is 9.88 Å². The molecule has 1 N–H and O–H groups in total. The van der Waals surface area contributed by atoms with Crippen LogP contribution in [0.2, 0.25) is 0 Å². The second-order valence-electron chi connectivity index (χ2n) is 7.57. The van der Waals surface area contributed by atoms with E-state index in [0.717, 1.165) is 29.8 Å². The van der Waals surface area contributed by atoms with Crippen molar-refractivity contribution in [3.8, 4) is 10.6 Å². The third kappa shape index (κ3) is 4.56. The summed E-state index contributed by atoms with van der Waals surface area (Å²) < 4.78 is 26.8. The highest BCUT2D eigenvalue weighted by atomic mass is 32.2. The minimum atomic E-state index is -3.46. The van der Waals surface area contributed by atoms with Gasteiger partial charge in [-0.15, -0.1) is 11.3 Å². The molecule has 8 heteroatoms. The molecule has 3 aromatic rings. The third-order valence-electron chi connectivity index (χ3n) is 5.43. The minimum absolute atomic E-state index is 0.249. The summed E-state index contributed by atoms with van der Waals surface area (Å²) in [6.07, 6.45) is 2.77. The lowest BCUT2D eigenvalue weighted by molar-refractivity contribution is 0.103. The topological polar surface area (TPSA) is 79.4 Å². The second-order valence-corrected chi connectivity index (χ2v) is 10.5. The first-order chi connectivity index (χ1) is 14.9. The summed E-state index contributed by atoms with van der Waals surface area (Å²) in [6.45, 7) is 5.06. The SMILES string of the molecule is CCc1ccc(-c2nc(C)c(C(=O)Nc3ccc(S(=O)(=O)N4CCCC4)cc3)s2)cc1. The van der Waals surface area contributed by atoms with Gasteiger partial charge < -0.3 is 5.32 Å². The summed E-state index contributed by atoms with van der Waals surface area (Å²) in [5.74, 6) is -0.249. The van der Waals surface area contributed by atoms with Gasteiger partial charge in [0, 0.05) is 24.3 Å². The van der Waals surface area contributed by atoms with E-state index in [1.165, 1.54) is 21.2 Å². The zero-order chi connectivity index (χ0) is 22.0. The minimum Gasteiger partial charge on any atom is -0.321 e. The lowest BCUT2D eigenvalue weighted by Gasteiger charge is -2.15. The van der Waals surface area contributed by atoms with Gasteiger partial charge in [0.05, 0.1) is 10.6 Å². The second kappa shape index (κ2) is 8.90. The molecule has 1 aliphatic rings. The molecular weight excluding hydrogens is 430 g/mol. The van der Waals surface area contributed by atoms with Gasteiger partial charge in [-0.25, -0.2) is 13.4 Å². The number of hydrogen-bond donors (Lipinski definition) is 1. The van der Waals surface area contributed by atoms with Crippen molar-refractivity contribution in [1.82, 2.24) is 9.29 Å². The van der Waals surface area contributed by atoms with Gasteiger partial charge in [0.15, 0.2) is 0 Å². The number of thiazole rings is 1. The van der Waals surface area contributed by atoms with Crippen LogP contribution < -0.4 is 5.32 Å². The first-order valence-electron chi connectivity index (χ1n) is 10.4. The average Bonchev–Trinajstić information content (AvgIpc) is 3.45. The lowest BCUT2D eigenvalue weighted by atomic mass is 10.1. The Labute approximate surface area is 187 Å². The predicted molar refractivity (Wildman–Crippen MR) is 124 cm³/mol. The monoisotopic (exact) mass is 455 g/mol. The molecule has 0 bridgehead atoms. The fraction of sp³-hybridized carbons (Fsp3) is 0.304. The molecule has 0 atom stereocenters. The number of hydrogen-bond acceptors (Lipinski definition) is 5. The van der Waals surface area contributed by atoms with E-state index in [0.29, 0.717) is 29.3 Å². The predicted octanol–water partition coefficient (Wildman–Crippen LogP) is 4.72. The van der Waals surface area contributed by atoms with Crippen molar-refractivity contribution in [3.05, 3.63) is 64.7 Å². The molecule has 6 nitrogen and oxygen atoms in total. The maximum atomic E-state index is 12.8. The Bertz CT molecular complexity index is 1180. The van der Waals surface area contributed by atoms with Crippen LogP contribution in [0, 0.1) is 6.92 Å². The number of carbonyl (C=O) groups excluding carboxylic acids is 1. The van der Waals surface area contributed by atoms with Gasteiger partial charge in [-0.3, -0.25) is 4.79 Å². The molecule has 0 saturated carbocycles. The quantitative estimate of drug-likeness (QED) is 0.583. The number of carbonyl (C=O) groups is 1. The number of anilines is 1. The Hall–Kier alpha value is -2.55. The highest BCUT2D eigenvalue weighted by Gasteiger charge is 2.27. The number of amides is 1. The van der Waals surface area contributed by atoms with Gasteiger partial charge in [-0.2, -0.15) is 4.31 Å². The van der Waals surface area contributed by atoms with Crippen LogP contribution in [-0.4, -0.2) is 36.7 Å². The van der Waals surface area contributed by atoms with Gasteiger partial charge in [0.25, 0.3) is 5.91 Å². The zero-order valence-corrected chi connectivity index (χ0v) is 19.2. The van der Waals surface area contributed by atoms with Crippen molar-refractivity contribution in [3.63, 3.8) is 0 Å². The van der Waals surface area contributed by atoms with E-state index in [1.807, 2.05) is 19.1 Å². The van der Waals surface area contributed by atoms with E-state index in [9.17, 15) is 13.2 Å². The van der Waals surface area contributed by atoms with Crippen LogP contribution in [-0.2, 0) is 16.4 Å². The van der Waals surface area contributed by atoms with Crippen LogP contribution in [0.4, 0.5) is 5.69 Å². The standard InChI is InChI=1S/C23H25N3O3S2/c1-3-17-6-8-18(9-7-17)23-24-16(2)21(30-23)22(27)25-19-10-12-20(13-11-19)31(28,29)26-14-4-5-15-26/h6-13H,3-5,14-15H2,1-2H3,(H,25,27). The Kier molecular flexibility index (Phi) is 6.22. The molecule has 31 heavy (non-hydrogen) atoms. The largest absolute Gasteiger partial charge is 0.321 e. The first kappa shape index (κ1) is 21.7. The van der Waals surface area contributed by atoms with E-state index in [4.69, 9.17) is 0 Å². The molecule has 4 rings (SSSR count). The Morgan fingerprint density at radius 3 is 2.32 bits per heavy atom. The van der Waals surface area contributed by atoms with Crippen LogP contribution in [0.25, 0.3) is 10.6 Å². The number of rotatable bonds is 6. The molecule has 0 spiro atoms. The van der Waals surface area contributed by atoms with Crippen LogP contribution >= 0.6 is 11.3 Å². The van der Waals surface area contributed by atoms with E-state index < -0.39 is 10.0 Å². The van der Waals surface area contributed by atoms with E-state index >= 15 is 0 Å². The van der Waals surface area contributed by atoms with Crippen LogP contribution in [0.15, 0.2) is 53.4 Å². The summed E-state index contributed by atoms with van der Waals surface area (Å²) in [7, 11) is -3.46.